The van der Waals surface area contributed by atoms with Crippen LogP contribution in [-0.4, -0.2) is 16.8 Å². The van der Waals surface area contributed by atoms with Crippen LogP contribution in [0.5, 0.6) is 0 Å². The molecule has 2 aromatic heterocycles. The smallest absolute Gasteiger partial charge is 0.257 e. The average Bonchev–Trinajstić information content (AvgIpc) is 3.14. The highest BCUT2D eigenvalue weighted by molar-refractivity contribution is 7.10. The molecule has 0 fully saturated rings. The van der Waals surface area contributed by atoms with Crippen molar-refractivity contribution in [2.75, 3.05) is 5.32 Å². The van der Waals surface area contributed by atoms with Crippen LogP contribution < -0.4 is 10.6 Å². The molecule has 3 rings (SSSR count). The Morgan fingerprint density at radius 1 is 1.08 bits per heavy atom. The molecule has 5 nitrogen and oxygen atoms in total. The van der Waals surface area contributed by atoms with Crippen molar-refractivity contribution in [2.24, 2.45) is 0 Å². The Labute approximate surface area is 149 Å². The molecule has 0 radical (unpaired) electrons. The number of carbonyl (C=O) groups is 2. The van der Waals surface area contributed by atoms with Crippen LogP contribution in [0.15, 0.2) is 66.3 Å². The molecule has 3 aromatic rings. The van der Waals surface area contributed by atoms with Gasteiger partial charge in [-0.05, 0) is 41.3 Å². The Morgan fingerprint density at radius 3 is 2.76 bits per heavy atom. The van der Waals surface area contributed by atoms with Gasteiger partial charge in [-0.25, -0.2) is 0 Å². The van der Waals surface area contributed by atoms with Gasteiger partial charge in [-0.15, -0.1) is 11.3 Å². The maximum absolute atomic E-state index is 12.1. The van der Waals surface area contributed by atoms with Gasteiger partial charge in [0, 0.05) is 29.5 Å². The van der Waals surface area contributed by atoms with E-state index >= 15 is 0 Å². The molecule has 0 saturated heterocycles. The summed E-state index contributed by atoms with van der Waals surface area (Å²) in [6.45, 7) is 0.417. The Kier molecular flexibility index (Phi) is 5.53. The lowest BCUT2D eigenvalue weighted by atomic mass is 10.2. The number of aromatic nitrogens is 1. The highest BCUT2D eigenvalue weighted by Gasteiger charge is 2.07. The van der Waals surface area contributed by atoms with E-state index in [9.17, 15) is 9.59 Å². The number of hydrogen-bond acceptors (Lipinski definition) is 4. The number of hydrogen-bond donors (Lipinski definition) is 2. The van der Waals surface area contributed by atoms with Crippen molar-refractivity contribution in [3.8, 4) is 0 Å². The van der Waals surface area contributed by atoms with Gasteiger partial charge in [0.05, 0.1) is 12.0 Å². The van der Waals surface area contributed by atoms with Gasteiger partial charge in [0.2, 0.25) is 5.91 Å². The molecule has 0 bridgehead atoms. The number of pyridine rings is 1. The van der Waals surface area contributed by atoms with E-state index in [1.807, 2.05) is 41.8 Å². The highest BCUT2D eigenvalue weighted by Crippen LogP contribution is 2.13. The van der Waals surface area contributed by atoms with E-state index in [4.69, 9.17) is 0 Å². The van der Waals surface area contributed by atoms with Crippen LogP contribution in [0.2, 0.25) is 0 Å². The molecule has 2 heterocycles. The molecule has 0 aliphatic carbocycles. The zero-order valence-corrected chi connectivity index (χ0v) is 14.3. The molecule has 126 valence electrons. The minimum atomic E-state index is -0.216. The van der Waals surface area contributed by atoms with Crippen molar-refractivity contribution in [3.63, 3.8) is 0 Å². The van der Waals surface area contributed by atoms with Gasteiger partial charge in [-0.1, -0.05) is 18.2 Å². The number of rotatable bonds is 6. The molecule has 0 unspecified atom stereocenters. The fourth-order valence-corrected chi connectivity index (χ4v) is 3.00. The first-order chi connectivity index (χ1) is 12.2. The van der Waals surface area contributed by atoms with E-state index in [1.54, 1.807) is 29.7 Å². The van der Waals surface area contributed by atoms with Gasteiger partial charge in [-0.2, -0.15) is 0 Å². The van der Waals surface area contributed by atoms with Crippen LogP contribution >= 0.6 is 11.3 Å². The molecule has 0 aliphatic heterocycles. The summed E-state index contributed by atoms with van der Waals surface area (Å²) < 4.78 is 0. The van der Waals surface area contributed by atoms with E-state index in [2.05, 4.69) is 15.6 Å². The predicted molar refractivity (Wildman–Crippen MR) is 98.5 cm³/mol. The van der Waals surface area contributed by atoms with Crippen LogP contribution in [0, 0.1) is 0 Å². The third-order valence-corrected chi connectivity index (χ3v) is 4.39. The van der Waals surface area contributed by atoms with Crippen LogP contribution in [0.1, 0.15) is 20.8 Å². The molecular weight excluding hydrogens is 334 g/mol. The number of amides is 2. The number of nitrogens with one attached hydrogen (secondary N) is 2. The fourth-order valence-electron chi connectivity index (χ4n) is 2.29. The summed E-state index contributed by atoms with van der Waals surface area (Å²) in [7, 11) is 0. The number of anilines is 1. The molecule has 25 heavy (non-hydrogen) atoms. The number of carbonyl (C=O) groups excluding carboxylic acids is 2. The molecular formula is C19H17N3O2S. The van der Waals surface area contributed by atoms with Gasteiger partial charge >= 0.3 is 0 Å². The van der Waals surface area contributed by atoms with Crippen molar-refractivity contribution in [1.82, 2.24) is 10.3 Å². The molecule has 0 atom stereocenters. The topological polar surface area (TPSA) is 71.1 Å². The van der Waals surface area contributed by atoms with Crippen molar-refractivity contribution >= 4 is 28.8 Å². The van der Waals surface area contributed by atoms with Crippen molar-refractivity contribution in [3.05, 3.63) is 82.3 Å². The first kappa shape index (κ1) is 16.9. The fraction of sp³-hybridized carbons (Fsp3) is 0.105. The molecule has 0 saturated carbocycles. The number of benzene rings is 1. The first-order valence-corrected chi connectivity index (χ1v) is 8.68. The maximum Gasteiger partial charge on any atom is 0.257 e. The molecule has 2 amide bonds. The summed E-state index contributed by atoms with van der Waals surface area (Å²) in [6, 6.07) is 14.7. The van der Waals surface area contributed by atoms with Gasteiger partial charge in [0.1, 0.15) is 0 Å². The number of nitrogens with zero attached hydrogens (tertiary/aromatic N) is 1. The zero-order valence-electron chi connectivity index (χ0n) is 13.4. The minimum Gasteiger partial charge on any atom is -0.352 e. The van der Waals surface area contributed by atoms with Crippen LogP contribution in [0.3, 0.4) is 0 Å². The Morgan fingerprint density at radius 2 is 2.00 bits per heavy atom. The van der Waals surface area contributed by atoms with Gasteiger partial charge in [0.25, 0.3) is 5.91 Å². The predicted octanol–water partition coefficient (Wildman–Crippen LogP) is 3.25. The summed E-state index contributed by atoms with van der Waals surface area (Å²) in [4.78, 5) is 29.1. The highest BCUT2D eigenvalue weighted by atomic mass is 32.1. The van der Waals surface area contributed by atoms with Crippen LogP contribution in [-0.2, 0) is 17.8 Å². The standard InChI is InChI=1S/C19H17N3O2S/c23-18(11-17-7-3-9-25-17)21-12-14-4-1-6-16(10-14)22-19(24)15-5-2-8-20-13-15/h1-10,13H,11-12H2,(H,21,23)(H,22,24). The lowest BCUT2D eigenvalue weighted by molar-refractivity contribution is -0.120. The summed E-state index contributed by atoms with van der Waals surface area (Å²) in [5.74, 6) is -0.237. The second-order valence-corrected chi connectivity index (χ2v) is 6.46. The summed E-state index contributed by atoms with van der Waals surface area (Å²) in [5, 5.41) is 7.68. The van der Waals surface area contributed by atoms with Gasteiger partial charge in [0.15, 0.2) is 0 Å². The molecule has 6 heteroatoms. The summed E-state index contributed by atoms with van der Waals surface area (Å²) in [6.07, 6.45) is 3.52. The van der Waals surface area contributed by atoms with Gasteiger partial charge in [-0.3, -0.25) is 14.6 Å². The second kappa shape index (κ2) is 8.21. The normalized spacial score (nSPS) is 10.2. The van der Waals surface area contributed by atoms with E-state index in [-0.39, 0.29) is 11.8 Å². The largest absolute Gasteiger partial charge is 0.352 e. The lowest BCUT2D eigenvalue weighted by Crippen LogP contribution is -2.24. The maximum atomic E-state index is 12.1. The second-order valence-electron chi connectivity index (χ2n) is 5.43. The van der Waals surface area contributed by atoms with Crippen LogP contribution in [0.25, 0.3) is 0 Å². The summed E-state index contributed by atoms with van der Waals surface area (Å²) >= 11 is 1.57. The average molecular weight is 351 g/mol. The van der Waals surface area contributed by atoms with Crippen molar-refractivity contribution in [2.45, 2.75) is 13.0 Å². The van der Waals surface area contributed by atoms with Gasteiger partial charge < -0.3 is 10.6 Å². The molecule has 0 aliphatic rings. The monoisotopic (exact) mass is 351 g/mol. The van der Waals surface area contributed by atoms with Crippen molar-refractivity contribution in [1.29, 1.82) is 0 Å². The molecule has 0 spiro atoms. The summed E-state index contributed by atoms with van der Waals surface area (Å²) in [5.41, 5.74) is 2.10. The third-order valence-electron chi connectivity index (χ3n) is 3.51. The minimum absolute atomic E-state index is 0.0211. The quantitative estimate of drug-likeness (QED) is 0.716. The van der Waals surface area contributed by atoms with E-state index in [0.29, 0.717) is 24.2 Å². The molecule has 2 N–H and O–H groups in total. The van der Waals surface area contributed by atoms with E-state index < -0.39 is 0 Å². The van der Waals surface area contributed by atoms with E-state index in [0.717, 1.165) is 10.4 Å². The number of thiophene rings is 1. The SMILES string of the molecule is O=C(Cc1cccs1)NCc1cccc(NC(=O)c2cccnc2)c1. The molecule has 1 aromatic carbocycles. The Balaban J connectivity index is 1.56. The lowest BCUT2D eigenvalue weighted by Gasteiger charge is -2.08. The zero-order chi connectivity index (χ0) is 17.5. The van der Waals surface area contributed by atoms with E-state index in [1.165, 1.54) is 6.20 Å². The Hall–Kier alpha value is -2.99. The third kappa shape index (κ3) is 4.99. The van der Waals surface area contributed by atoms with Crippen molar-refractivity contribution < 1.29 is 9.59 Å². The van der Waals surface area contributed by atoms with Crippen LogP contribution in [0.4, 0.5) is 5.69 Å². The Bertz CT molecular complexity index is 848. The first-order valence-electron chi connectivity index (χ1n) is 7.80.